The van der Waals surface area contributed by atoms with E-state index in [1.165, 1.54) is 40.6 Å². The molecule has 0 spiro atoms. The van der Waals surface area contributed by atoms with Gasteiger partial charge in [0.15, 0.2) is 11.5 Å². The summed E-state index contributed by atoms with van der Waals surface area (Å²) in [4.78, 5) is 25.2. The van der Waals surface area contributed by atoms with Crippen LogP contribution in [0.25, 0.3) is 0 Å². The second-order valence-corrected chi connectivity index (χ2v) is 8.25. The number of phenolic OH excluding ortho intramolecular Hbond substituents is 2. The van der Waals surface area contributed by atoms with Crippen LogP contribution in [0.4, 0.5) is 0 Å². The highest BCUT2D eigenvalue weighted by Crippen LogP contribution is 2.24. The van der Waals surface area contributed by atoms with E-state index in [1.54, 1.807) is 12.3 Å². The van der Waals surface area contributed by atoms with Gasteiger partial charge in [-0.05, 0) is 52.4 Å². The molecule has 0 aliphatic carbocycles. The second-order valence-electron chi connectivity index (χ2n) is 8.25. The molecule has 1 amide bonds. The first-order valence-electron chi connectivity index (χ1n) is 9.79. The van der Waals surface area contributed by atoms with Crippen molar-refractivity contribution < 1.29 is 15.0 Å². The normalized spacial score (nSPS) is 11.6. The van der Waals surface area contributed by atoms with Crippen LogP contribution in [0.15, 0.2) is 70.7 Å². The number of aromatic nitrogens is 1. The van der Waals surface area contributed by atoms with Gasteiger partial charge in [-0.1, -0.05) is 45.0 Å². The Labute approximate surface area is 180 Å². The van der Waals surface area contributed by atoms with Crippen LogP contribution in [0.2, 0.25) is 0 Å². The third-order valence-electron chi connectivity index (χ3n) is 4.82. The molecule has 0 fully saturated rings. The maximum absolute atomic E-state index is 12.7. The summed E-state index contributed by atoms with van der Waals surface area (Å²) < 4.78 is 1.47. The first-order chi connectivity index (χ1) is 14.6. The highest BCUT2D eigenvalue weighted by molar-refractivity contribution is 5.94. The number of carbonyl (C=O) groups excluding carboxylic acids is 1. The summed E-state index contributed by atoms with van der Waals surface area (Å²) in [5, 5.41) is 22.6. The largest absolute Gasteiger partial charge is 0.504 e. The molecule has 0 unspecified atom stereocenters. The molecule has 2 aromatic carbocycles. The van der Waals surface area contributed by atoms with E-state index in [9.17, 15) is 19.8 Å². The van der Waals surface area contributed by atoms with E-state index in [0.29, 0.717) is 12.1 Å². The van der Waals surface area contributed by atoms with Crippen molar-refractivity contribution in [1.82, 2.24) is 9.99 Å². The molecule has 0 saturated carbocycles. The quantitative estimate of drug-likeness (QED) is 0.335. The van der Waals surface area contributed by atoms with Gasteiger partial charge < -0.3 is 14.8 Å². The Bertz CT molecular complexity index is 1170. The second kappa shape index (κ2) is 8.87. The molecular weight excluding hydrogens is 394 g/mol. The Balaban J connectivity index is 1.72. The minimum atomic E-state index is -0.637. The van der Waals surface area contributed by atoms with Gasteiger partial charge in [0.2, 0.25) is 0 Å². The molecule has 1 aromatic heterocycles. The summed E-state index contributed by atoms with van der Waals surface area (Å²) in [6, 6.07) is 15.3. The molecule has 0 aliphatic rings. The predicted molar refractivity (Wildman–Crippen MR) is 120 cm³/mol. The number of amides is 1. The van der Waals surface area contributed by atoms with Crippen LogP contribution >= 0.6 is 0 Å². The molecule has 3 N–H and O–H groups in total. The zero-order chi connectivity index (χ0) is 22.6. The Hall–Kier alpha value is -3.87. The topological polar surface area (TPSA) is 104 Å². The molecule has 7 heteroatoms. The summed E-state index contributed by atoms with van der Waals surface area (Å²) in [6.07, 6.45) is 2.94. The lowest BCUT2D eigenvalue weighted by molar-refractivity contribution is 0.0953. The summed E-state index contributed by atoms with van der Waals surface area (Å²) in [6.45, 7) is 6.77. The van der Waals surface area contributed by atoms with Gasteiger partial charge in [-0.3, -0.25) is 9.59 Å². The van der Waals surface area contributed by atoms with Gasteiger partial charge in [0, 0.05) is 6.20 Å². The van der Waals surface area contributed by atoms with Gasteiger partial charge in [-0.2, -0.15) is 5.10 Å². The monoisotopic (exact) mass is 419 g/mol. The Kier molecular flexibility index (Phi) is 6.25. The van der Waals surface area contributed by atoms with Crippen LogP contribution in [-0.4, -0.2) is 26.9 Å². The Morgan fingerprint density at radius 3 is 2.42 bits per heavy atom. The van der Waals surface area contributed by atoms with Gasteiger partial charge >= 0.3 is 0 Å². The van der Waals surface area contributed by atoms with Crippen molar-refractivity contribution in [2.75, 3.05) is 0 Å². The number of rotatable bonds is 5. The number of hydrazone groups is 1. The number of phenols is 2. The van der Waals surface area contributed by atoms with E-state index >= 15 is 0 Å². The molecule has 0 atom stereocenters. The Morgan fingerprint density at radius 2 is 1.77 bits per heavy atom. The highest BCUT2D eigenvalue weighted by atomic mass is 16.3. The average molecular weight is 419 g/mol. The van der Waals surface area contributed by atoms with E-state index in [1.807, 2.05) is 24.3 Å². The van der Waals surface area contributed by atoms with Gasteiger partial charge in [-0.15, -0.1) is 0 Å². The molecule has 1 heterocycles. The smallest absolute Gasteiger partial charge is 0.276 e. The standard InChI is InChI=1S/C24H25N3O4/c1-24(2,3)18-9-6-16(7-10-18)15-27-12-4-5-19(23(27)31)22(30)26-25-14-17-8-11-20(28)21(29)13-17/h4-14,28-29H,15H2,1-3H3,(H,26,30)/b25-14-. The van der Waals surface area contributed by atoms with Gasteiger partial charge in [0.1, 0.15) is 5.56 Å². The number of hydrogen-bond donors (Lipinski definition) is 3. The van der Waals surface area contributed by atoms with E-state index in [0.717, 1.165) is 5.56 Å². The van der Waals surface area contributed by atoms with Crippen LogP contribution in [0.1, 0.15) is 47.8 Å². The number of hydrogen-bond acceptors (Lipinski definition) is 5. The zero-order valence-corrected chi connectivity index (χ0v) is 17.7. The van der Waals surface area contributed by atoms with Crippen LogP contribution in [0.3, 0.4) is 0 Å². The van der Waals surface area contributed by atoms with Gasteiger partial charge in [0.05, 0.1) is 12.8 Å². The van der Waals surface area contributed by atoms with Crippen molar-refractivity contribution in [3.05, 3.63) is 93.4 Å². The van der Waals surface area contributed by atoms with Crippen LogP contribution in [0.5, 0.6) is 11.5 Å². The fourth-order valence-corrected chi connectivity index (χ4v) is 2.99. The molecule has 0 radical (unpaired) electrons. The lowest BCUT2D eigenvalue weighted by Crippen LogP contribution is -2.30. The van der Waals surface area contributed by atoms with Crippen LogP contribution in [0, 0.1) is 0 Å². The minimum absolute atomic E-state index is 0.0282. The lowest BCUT2D eigenvalue weighted by Gasteiger charge is -2.19. The maximum Gasteiger partial charge on any atom is 0.276 e. The van der Waals surface area contributed by atoms with Crippen molar-refractivity contribution in [3.8, 4) is 11.5 Å². The predicted octanol–water partition coefficient (Wildman–Crippen LogP) is 3.37. The van der Waals surface area contributed by atoms with Crippen LogP contribution in [-0.2, 0) is 12.0 Å². The third kappa shape index (κ3) is 5.39. The number of carbonyl (C=O) groups is 1. The molecule has 3 rings (SSSR count). The zero-order valence-electron chi connectivity index (χ0n) is 17.7. The lowest BCUT2D eigenvalue weighted by atomic mass is 9.87. The number of nitrogens with one attached hydrogen (secondary N) is 1. The summed E-state index contributed by atoms with van der Waals surface area (Å²) in [7, 11) is 0. The highest BCUT2D eigenvalue weighted by Gasteiger charge is 2.14. The van der Waals surface area contributed by atoms with Crippen molar-refractivity contribution in [3.63, 3.8) is 0 Å². The average Bonchev–Trinajstić information content (AvgIpc) is 2.72. The van der Waals surface area contributed by atoms with E-state index < -0.39 is 11.5 Å². The van der Waals surface area contributed by atoms with Crippen molar-refractivity contribution in [2.24, 2.45) is 5.10 Å². The summed E-state index contributed by atoms with van der Waals surface area (Å²) in [5.74, 6) is -1.18. The van der Waals surface area contributed by atoms with Crippen LogP contribution < -0.4 is 11.0 Å². The molecule has 3 aromatic rings. The number of nitrogens with zero attached hydrogens (tertiary/aromatic N) is 2. The van der Waals surface area contributed by atoms with Crippen molar-refractivity contribution in [1.29, 1.82) is 0 Å². The van der Waals surface area contributed by atoms with Gasteiger partial charge in [0.25, 0.3) is 11.5 Å². The minimum Gasteiger partial charge on any atom is -0.504 e. The molecule has 7 nitrogen and oxygen atoms in total. The fraction of sp³-hybridized carbons (Fsp3) is 0.208. The first kappa shape index (κ1) is 21.8. The molecule has 0 aliphatic heterocycles. The SMILES string of the molecule is CC(C)(C)c1ccc(Cn2cccc(C(=O)N/N=C\c3ccc(O)c(O)c3)c2=O)cc1. The van der Waals surface area contributed by atoms with E-state index in [-0.39, 0.29) is 22.5 Å². The Morgan fingerprint density at radius 1 is 1.06 bits per heavy atom. The van der Waals surface area contributed by atoms with E-state index in [4.69, 9.17) is 0 Å². The van der Waals surface area contributed by atoms with E-state index in [2.05, 4.69) is 31.3 Å². The fourth-order valence-electron chi connectivity index (χ4n) is 2.99. The maximum atomic E-state index is 12.7. The molecular formula is C24H25N3O4. The molecule has 0 bridgehead atoms. The first-order valence-corrected chi connectivity index (χ1v) is 9.79. The molecule has 0 saturated heterocycles. The number of aromatic hydroxyl groups is 2. The summed E-state index contributed by atoms with van der Waals surface area (Å²) >= 11 is 0. The summed E-state index contributed by atoms with van der Waals surface area (Å²) in [5.41, 5.74) is 4.55. The molecule has 31 heavy (non-hydrogen) atoms. The van der Waals surface area contributed by atoms with Crippen molar-refractivity contribution in [2.45, 2.75) is 32.7 Å². The number of benzene rings is 2. The third-order valence-corrected chi connectivity index (χ3v) is 4.82. The number of pyridine rings is 1. The molecule has 160 valence electrons. The van der Waals surface area contributed by atoms with Crippen molar-refractivity contribution >= 4 is 12.1 Å². The van der Waals surface area contributed by atoms with Gasteiger partial charge in [-0.25, -0.2) is 5.43 Å².